The number of benzene rings is 1. The van der Waals surface area contributed by atoms with Crippen LogP contribution in [0.5, 0.6) is 0 Å². The standard InChI is InChI=1S/C14H16N4S/c1-2-11-5-7-12(8-6-11)13-16-14(18-17-13)19-10-4-3-9-15/h5-8H,2-4,10H2,1H3,(H,16,17,18). The van der Waals surface area contributed by atoms with E-state index >= 15 is 0 Å². The van der Waals surface area contributed by atoms with Gasteiger partial charge in [-0.25, -0.2) is 4.98 Å². The van der Waals surface area contributed by atoms with Gasteiger partial charge in [0, 0.05) is 17.7 Å². The quantitative estimate of drug-likeness (QED) is 0.646. The Morgan fingerprint density at radius 1 is 1.32 bits per heavy atom. The predicted octanol–water partition coefficient (Wildman–Crippen LogP) is 3.43. The monoisotopic (exact) mass is 272 g/mol. The first-order valence-corrected chi connectivity index (χ1v) is 7.33. The highest BCUT2D eigenvalue weighted by molar-refractivity contribution is 7.99. The smallest absolute Gasteiger partial charge is 0.208 e. The molecular weight excluding hydrogens is 256 g/mol. The molecule has 2 rings (SSSR count). The minimum Gasteiger partial charge on any atom is -0.258 e. The zero-order valence-corrected chi connectivity index (χ0v) is 11.7. The molecule has 0 aliphatic heterocycles. The van der Waals surface area contributed by atoms with Gasteiger partial charge in [0.15, 0.2) is 5.82 Å². The second-order valence-electron chi connectivity index (χ2n) is 4.13. The number of nitrogens with zero attached hydrogens (tertiary/aromatic N) is 3. The SMILES string of the molecule is CCc1ccc(-c2nc(SCCCC#N)n[nH]2)cc1. The van der Waals surface area contributed by atoms with Crippen LogP contribution in [0.15, 0.2) is 29.4 Å². The van der Waals surface area contributed by atoms with Crippen molar-refractivity contribution in [2.75, 3.05) is 5.75 Å². The highest BCUT2D eigenvalue weighted by Gasteiger charge is 2.05. The molecule has 0 aliphatic carbocycles. The van der Waals surface area contributed by atoms with Crippen molar-refractivity contribution in [1.82, 2.24) is 15.2 Å². The largest absolute Gasteiger partial charge is 0.258 e. The van der Waals surface area contributed by atoms with E-state index in [0.717, 1.165) is 35.1 Å². The van der Waals surface area contributed by atoms with E-state index in [4.69, 9.17) is 5.26 Å². The van der Waals surface area contributed by atoms with Gasteiger partial charge in [0.25, 0.3) is 0 Å². The zero-order valence-electron chi connectivity index (χ0n) is 10.9. The number of nitriles is 1. The summed E-state index contributed by atoms with van der Waals surface area (Å²) in [5.74, 6) is 1.67. The Bertz CT molecular complexity index is 554. The van der Waals surface area contributed by atoms with E-state index in [-0.39, 0.29) is 0 Å². The fourth-order valence-electron chi connectivity index (χ4n) is 1.65. The van der Waals surface area contributed by atoms with E-state index in [0.29, 0.717) is 6.42 Å². The van der Waals surface area contributed by atoms with Crippen LogP contribution >= 0.6 is 11.8 Å². The average molecular weight is 272 g/mol. The van der Waals surface area contributed by atoms with Gasteiger partial charge in [-0.1, -0.05) is 43.0 Å². The highest BCUT2D eigenvalue weighted by atomic mass is 32.2. The van der Waals surface area contributed by atoms with E-state index in [2.05, 4.69) is 52.4 Å². The fraction of sp³-hybridized carbons (Fsp3) is 0.357. The second-order valence-corrected chi connectivity index (χ2v) is 5.19. The summed E-state index contributed by atoms with van der Waals surface area (Å²) in [6.07, 6.45) is 2.50. The Labute approximate surface area is 117 Å². The molecule has 2 aromatic rings. The van der Waals surface area contributed by atoms with Gasteiger partial charge in [0.1, 0.15) is 0 Å². The molecule has 4 nitrogen and oxygen atoms in total. The number of unbranched alkanes of at least 4 members (excludes halogenated alkanes) is 1. The Balaban J connectivity index is 1.97. The van der Waals surface area contributed by atoms with Crippen LogP contribution in [0.4, 0.5) is 0 Å². The molecule has 19 heavy (non-hydrogen) atoms. The normalized spacial score (nSPS) is 10.3. The van der Waals surface area contributed by atoms with Crippen LogP contribution in [-0.4, -0.2) is 20.9 Å². The maximum Gasteiger partial charge on any atom is 0.208 e. The van der Waals surface area contributed by atoms with Gasteiger partial charge in [-0.2, -0.15) is 5.26 Å². The highest BCUT2D eigenvalue weighted by Crippen LogP contribution is 2.20. The lowest BCUT2D eigenvalue weighted by Gasteiger charge is -1.98. The summed E-state index contributed by atoms with van der Waals surface area (Å²) in [7, 11) is 0. The van der Waals surface area contributed by atoms with Crippen LogP contribution < -0.4 is 0 Å². The van der Waals surface area contributed by atoms with Crippen LogP contribution in [0.25, 0.3) is 11.4 Å². The first-order chi connectivity index (χ1) is 9.33. The summed E-state index contributed by atoms with van der Waals surface area (Å²) < 4.78 is 0. The second kappa shape index (κ2) is 6.95. The van der Waals surface area contributed by atoms with Crippen molar-refractivity contribution >= 4 is 11.8 Å². The number of hydrogen-bond donors (Lipinski definition) is 1. The van der Waals surface area contributed by atoms with Crippen LogP contribution in [0.2, 0.25) is 0 Å². The number of aryl methyl sites for hydroxylation is 1. The lowest BCUT2D eigenvalue weighted by atomic mass is 10.1. The lowest BCUT2D eigenvalue weighted by molar-refractivity contribution is 0.950. The van der Waals surface area contributed by atoms with Gasteiger partial charge >= 0.3 is 0 Å². The van der Waals surface area contributed by atoms with Gasteiger partial charge in [0.2, 0.25) is 5.16 Å². The van der Waals surface area contributed by atoms with Crippen molar-refractivity contribution in [3.8, 4) is 17.5 Å². The Kier molecular flexibility index (Phi) is 4.99. The maximum atomic E-state index is 8.46. The zero-order chi connectivity index (χ0) is 13.5. The summed E-state index contributed by atoms with van der Waals surface area (Å²) in [5.41, 5.74) is 2.36. The van der Waals surface area contributed by atoms with Crippen LogP contribution in [0, 0.1) is 11.3 Å². The Hall–Kier alpha value is -1.80. The first kappa shape index (κ1) is 13.6. The summed E-state index contributed by atoms with van der Waals surface area (Å²) in [6.45, 7) is 2.14. The molecule has 1 aromatic heterocycles. The van der Waals surface area contributed by atoms with Crippen molar-refractivity contribution in [1.29, 1.82) is 5.26 Å². The number of thioether (sulfide) groups is 1. The van der Waals surface area contributed by atoms with Crippen molar-refractivity contribution in [2.24, 2.45) is 0 Å². The Morgan fingerprint density at radius 3 is 2.79 bits per heavy atom. The number of H-pyrrole nitrogens is 1. The van der Waals surface area contributed by atoms with Gasteiger partial charge in [-0.15, -0.1) is 5.10 Å². The van der Waals surface area contributed by atoms with E-state index in [1.165, 1.54) is 5.56 Å². The molecule has 0 unspecified atom stereocenters. The molecule has 0 fully saturated rings. The van der Waals surface area contributed by atoms with Crippen LogP contribution in [0.1, 0.15) is 25.3 Å². The number of hydrogen-bond acceptors (Lipinski definition) is 4. The van der Waals surface area contributed by atoms with Crippen molar-refractivity contribution in [2.45, 2.75) is 31.3 Å². The average Bonchev–Trinajstić information content (AvgIpc) is 2.92. The molecule has 0 bridgehead atoms. The molecule has 98 valence electrons. The van der Waals surface area contributed by atoms with E-state index in [9.17, 15) is 0 Å². The van der Waals surface area contributed by atoms with E-state index < -0.39 is 0 Å². The molecule has 1 aromatic carbocycles. The third-order valence-electron chi connectivity index (χ3n) is 2.76. The first-order valence-electron chi connectivity index (χ1n) is 6.35. The third-order valence-corrected chi connectivity index (χ3v) is 3.70. The summed E-state index contributed by atoms with van der Waals surface area (Å²) in [6, 6.07) is 10.5. The molecule has 0 amide bonds. The van der Waals surface area contributed by atoms with Gasteiger partial charge < -0.3 is 0 Å². The Morgan fingerprint density at radius 2 is 2.11 bits per heavy atom. The van der Waals surface area contributed by atoms with Gasteiger partial charge in [-0.05, 0) is 18.4 Å². The van der Waals surface area contributed by atoms with Crippen LogP contribution in [-0.2, 0) is 6.42 Å². The topological polar surface area (TPSA) is 65.4 Å². The molecule has 1 N–H and O–H groups in total. The maximum absolute atomic E-state index is 8.46. The molecule has 0 radical (unpaired) electrons. The molecule has 0 saturated carbocycles. The van der Waals surface area contributed by atoms with Gasteiger partial charge in [0.05, 0.1) is 6.07 Å². The van der Waals surface area contributed by atoms with Crippen molar-refractivity contribution in [3.05, 3.63) is 29.8 Å². The molecule has 0 atom stereocenters. The lowest BCUT2D eigenvalue weighted by Crippen LogP contribution is -1.83. The molecule has 0 saturated heterocycles. The van der Waals surface area contributed by atoms with Crippen LogP contribution in [0.3, 0.4) is 0 Å². The fourth-order valence-corrected chi connectivity index (χ4v) is 2.39. The molecule has 0 aliphatic rings. The number of aromatic amines is 1. The van der Waals surface area contributed by atoms with E-state index in [1.54, 1.807) is 11.8 Å². The summed E-state index contributed by atoms with van der Waals surface area (Å²) in [4.78, 5) is 4.45. The molecule has 1 heterocycles. The summed E-state index contributed by atoms with van der Waals surface area (Å²) in [5, 5.41) is 16.3. The number of aromatic nitrogens is 3. The predicted molar refractivity (Wildman–Crippen MR) is 76.8 cm³/mol. The molecular formula is C14H16N4S. The van der Waals surface area contributed by atoms with E-state index in [1.807, 2.05) is 0 Å². The third kappa shape index (κ3) is 3.83. The van der Waals surface area contributed by atoms with Gasteiger partial charge in [-0.3, -0.25) is 5.10 Å². The molecule has 0 spiro atoms. The molecule has 5 heteroatoms. The summed E-state index contributed by atoms with van der Waals surface area (Å²) >= 11 is 1.58. The minimum absolute atomic E-state index is 0.586. The number of rotatable bonds is 6. The number of nitrogens with one attached hydrogen (secondary N) is 1. The minimum atomic E-state index is 0.586. The van der Waals surface area contributed by atoms with Crippen molar-refractivity contribution < 1.29 is 0 Å². The van der Waals surface area contributed by atoms with Crippen molar-refractivity contribution in [3.63, 3.8) is 0 Å².